The fourth-order valence-electron chi connectivity index (χ4n) is 3.41. The van der Waals surface area contributed by atoms with Crippen molar-refractivity contribution in [3.05, 3.63) is 18.2 Å². The number of hydrogen-bond donors (Lipinski definition) is 1. The number of fused-ring (bicyclic) bond motifs is 1. The molecule has 4 rings (SSSR count). The molecule has 0 aromatic heterocycles. The maximum atomic E-state index is 12.8. The van der Waals surface area contributed by atoms with Crippen molar-refractivity contribution in [2.75, 3.05) is 18.2 Å². The summed E-state index contributed by atoms with van der Waals surface area (Å²) in [7, 11) is 0. The lowest BCUT2D eigenvalue weighted by molar-refractivity contribution is -0.135. The number of nitrogens with zero attached hydrogens (tertiary/aromatic N) is 1. The minimum absolute atomic E-state index is 0.0153. The summed E-state index contributed by atoms with van der Waals surface area (Å²) in [5.74, 6) is 1.17. The Balaban J connectivity index is 1.70. The number of anilines is 1. The summed E-state index contributed by atoms with van der Waals surface area (Å²) >= 11 is 0. The second-order valence-corrected chi connectivity index (χ2v) is 5.77. The van der Waals surface area contributed by atoms with E-state index in [1.54, 1.807) is 23.1 Å². The molecule has 3 aliphatic rings. The van der Waals surface area contributed by atoms with Crippen LogP contribution in [-0.4, -0.2) is 30.7 Å². The zero-order valence-electron chi connectivity index (χ0n) is 11.6. The molecule has 2 fully saturated rings. The summed E-state index contributed by atoms with van der Waals surface area (Å²) in [6, 6.07) is 5.34. The zero-order chi connectivity index (χ0) is 14.4. The minimum Gasteiger partial charge on any atom is -0.454 e. The van der Waals surface area contributed by atoms with Crippen LogP contribution in [0.5, 0.6) is 11.5 Å². The van der Waals surface area contributed by atoms with Crippen molar-refractivity contribution in [1.82, 2.24) is 5.32 Å². The van der Waals surface area contributed by atoms with E-state index in [-0.39, 0.29) is 25.2 Å². The van der Waals surface area contributed by atoms with E-state index in [1.165, 1.54) is 0 Å². The molecule has 0 bridgehead atoms. The van der Waals surface area contributed by atoms with Gasteiger partial charge in [0.05, 0.1) is 0 Å². The molecule has 1 aromatic carbocycles. The molecule has 1 saturated heterocycles. The van der Waals surface area contributed by atoms with E-state index < -0.39 is 5.54 Å². The minimum atomic E-state index is -0.703. The first-order chi connectivity index (χ1) is 10.2. The highest BCUT2D eigenvalue weighted by molar-refractivity contribution is 6.09. The van der Waals surface area contributed by atoms with E-state index in [2.05, 4.69) is 5.32 Å². The standard InChI is InChI=1S/C15H16N2O4/c18-13-8-17(14(19)15(16-13)5-1-2-6-15)10-3-4-11-12(7-10)21-9-20-11/h3-4,7H,1-2,5-6,8-9H2,(H,16,18). The molecule has 0 radical (unpaired) electrons. The zero-order valence-corrected chi connectivity index (χ0v) is 11.6. The van der Waals surface area contributed by atoms with Crippen molar-refractivity contribution < 1.29 is 19.1 Å². The van der Waals surface area contributed by atoms with Crippen molar-refractivity contribution in [2.45, 2.75) is 31.2 Å². The first-order valence-electron chi connectivity index (χ1n) is 7.21. The Bertz CT molecular complexity index is 622. The van der Waals surface area contributed by atoms with Crippen molar-refractivity contribution in [1.29, 1.82) is 0 Å². The second-order valence-electron chi connectivity index (χ2n) is 5.77. The molecule has 1 N–H and O–H groups in total. The van der Waals surface area contributed by atoms with E-state index in [1.807, 2.05) is 0 Å². The Morgan fingerprint density at radius 2 is 1.86 bits per heavy atom. The van der Waals surface area contributed by atoms with Gasteiger partial charge in [0, 0.05) is 11.8 Å². The Morgan fingerprint density at radius 3 is 2.67 bits per heavy atom. The van der Waals surface area contributed by atoms with Crippen LogP contribution in [0, 0.1) is 0 Å². The predicted octanol–water partition coefficient (Wildman–Crippen LogP) is 1.19. The van der Waals surface area contributed by atoms with Crippen LogP contribution in [0.15, 0.2) is 18.2 Å². The molecule has 1 aliphatic carbocycles. The predicted molar refractivity (Wildman–Crippen MR) is 74.3 cm³/mol. The molecule has 21 heavy (non-hydrogen) atoms. The third-order valence-corrected chi connectivity index (χ3v) is 4.46. The highest BCUT2D eigenvalue weighted by Gasteiger charge is 2.48. The number of nitrogens with one attached hydrogen (secondary N) is 1. The van der Waals surface area contributed by atoms with Gasteiger partial charge < -0.3 is 19.7 Å². The first kappa shape index (κ1) is 12.5. The first-order valence-corrected chi connectivity index (χ1v) is 7.21. The molecule has 0 atom stereocenters. The van der Waals surface area contributed by atoms with Crippen LogP contribution in [0.2, 0.25) is 0 Å². The third kappa shape index (κ3) is 1.86. The van der Waals surface area contributed by atoms with Crippen molar-refractivity contribution in [3.63, 3.8) is 0 Å². The maximum Gasteiger partial charge on any atom is 0.253 e. The lowest BCUT2D eigenvalue weighted by Crippen LogP contribution is -2.65. The molecule has 110 valence electrons. The largest absolute Gasteiger partial charge is 0.454 e. The van der Waals surface area contributed by atoms with Gasteiger partial charge >= 0.3 is 0 Å². The molecule has 1 saturated carbocycles. The summed E-state index contributed by atoms with van der Waals surface area (Å²) in [5.41, 5.74) is -0.0171. The maximum absolute atomic E-state index is 12.8. The van der Waals surface area contributed by atoms with E-state index in [0.29, 0.717) is 17.2 Å². The van der Waals surface area contributed by atoms with Gasteiger partial charge in [0.15, 0.2) is 11.5 Å². The molecule has 6 nitrogen and oxygen atoms in total. The summed E-state index contributed by atoms with van der Waals surface area (Å²) < 4.78 is 10.6. The molecule has 2 amide bonds. The molecule has 0 unspecified atom stereocenters. The number of carbonyl (C=O) groups excluding carboxylic acids is 2. The SMILES string of the molecule is O=C1CN(c2ccc3c(c2)OCO3)C(=O)C2(CCCC2)N1. The summed E-state index contributed by atoms with van der Waals surface area (Å²) in [4.78, 5) is 26.4. The van der Waals surface area contributed by atoms with Crippen LogP contribution >= 0.6 is 0 Å². The number of carbonyl (C=O) groups is 2. The second kappa shape index (κ2) is 4.38. The summed E-state index contributed by atoms with van der Waals surface area (Å²) in [6.07, 6.45) is 3.39. The Kier molecular flexibility index (Phi) is 2.60. The Labute approximate surface area is 122 Å². The lowest BCUT2D eigenvalue weighted by atomic mass is 9.92. The number of piperazine rings is 1. The van der Waals surface area contributed by atoms with Gasteiger partial charge in [-0.25, -0.2) is 0 Å². The van der Waals surface area contributed by atoms with Crippen molar-refractivity contribution >= 4 is 17.5 Å². The van der Waals surface area contributed by atoms with Crippen molar-refractivity contribution in [2.24, 2.45) is 0 Å². The van der Waals surface area contributed by atoms with Gasteiger partial charge in [-0.2, -0.15) is 0 Å². The fraction of sp³-hybridized carbons (Fsp3) is 0.467. The van der Waals surface area contributed by atoms with Gasteiger partial charge in [0.25, 0.3) is 5.91 Å². The van der Waals surface area contributed by atoms with Crippen LogP contribution in [0.4, 0.5) is 5.69 Å². The highest BCUT2D eigenvalue weighted by Crippen LogP contribution is 2.39. The van der Waals surface area contributed by atoms with Gasteiger partial charge in [-0.05, 0) is 25.0 Å². The quantitative estimate of drug-likeness (QED) is 0.843. The van der Waals surface area contributed by atoms with Crippen LogP contribution in [0.25, 0.3) is 0 Å². The molecule has 6 heteroatoms. The van der Waals surface area contributed by atoms with Gasteiger partial charge in [-0.3, -0.25) is 9.59 Å². The normalized spacial score (nSPS) is 22.8. The number of rotatable bonds is 1. The third-order valence-electron chi connectivity index (χ3n) is 4.46. The smallest absolute Gasteiger partial charge is 0.253 e. The summed E-state index contributed by atoms with van der Waals surface area (Å²) in [5, 5.41) is 2.91. The van der Waals surface area contributed by atoms with Crippen LogP contribution in [0.3, 0.4) is 0 Å². The number of amides is 2. The van der Waals surface area contributed by atoms with E-state index in [4.69, 9.17) is 9.47 Å². The highest BCUT2D eigenvalue weighted by atomic mass is 16.7. The topological polar surface area (TPSA) is 67.9 Å². The molecule has 2 heterocycles. The van der Waals surface area contributed by atoms with E-state index in [0.717, 1.165) is 25.7 Å². The van der Waals surface area contributed by atoms with E-state index >= 15 is 0 Å². The van der Waals surface area contributed by atoms with Crippen LogP contribution in [0.1, 0.15) is 25.7 Å². The fourth-order valence-corrected chi connectivity index (χ4v) is 3.41. The molecule has 2 aliphatic heterocycles. The molecule has 1 spiro atoms. The van der Waals surface area contributed by atoms with Crippen LogP contribution in [-0.2, 0) is 9.59 Å². The van der Waals surface area contributed by atoms with Gasteiger partial charge in [0.2, 0.25) is 12.7 Å². The lowest BCUT2D eigenvalue weighted by Gasteiger charge is -2.39. The Morgan fingerprint density at radius 1 is 1.10 bits per heavy atom. The summed E-state index contributed by atoms with van der Waals surface area (Å²) in [6.45, 7) is 0.247. The molecule has 1 aromatic rings. The van der Waals surface area contributed by atoms with Gasteiger partial charge in [-0.15, -0.1) is 0 Å². The van der Waals surface area contributed by atoms with Gasteiger partial charge in [-0.1, -0.05) is 12.8 Å². The average Bonchev–Trinajstić information content (AvgIpc) is 3.11. The van der Waals surface area contributed by atoms with Crippen molar-refractivity contribution in [3.8, 4) is 11.5 Å². The molecular weight excluding hydrogens is 272 g/mol. The van der Waals surface area contributed by atoms with Crippen LogP contribution < -0.4 is 19.7 Å². The molecular formula is C15H16N2O4. The van der Waals surface area contributed by atoms with E-state index in [9.17, 15) is 9.59 Å². The number of hydrogen-bond acceptors (Lipinski definition) is 4. The monoisotopic (exact) mass is 288 g/mol. The average molecular weight is 288 g/mol. The number of ether oxygens (including phenoxy) is 2. The Hall–Kier alpha value is -2.24. The van der Waals surface area contributed by atoms with Gasteiger partial charge in [0.1, 0.15) is 12.1 Å². The number of benzene rings is 1.